The molecule has 1 atom stereocenters. The lowest BCUT2D eigenvalue weighted by molar-refractivity contribution is -0.146. The lowest BCUT2D eigenvalue weighted by Crippen LogP contribution is -2.43. The first kappa shape index (κ1) is 15.4. The van der Waals surface area contributed by atoms with E-state index < -0.39 is 24.2 Å². The second-order valence-corrected chi connectivity index (χ2v) is 4.42. The molecule has 3 N–H and O–H groups in total. The molecule has 0 saturated carbocycles. The summed E-state index contributed by atoms with van der Waals surface area (Å²) in [6.07, 6.45) is -0.430. The molecular weight excluding hydrogens is 276 g/mol. The number of carbonyl (C=O) groups excluding carboxylic acids is 2. The van der Waals surface area contributed by atoms with Crippen LogP contribution in [0.4, 0.5) is 5.69 Å². The third-order valence-corrected chi connectivity index (χ3v) is 2.87. The Morgan fingerprint density at radius 1 is 1.43 bits per heavy atom. The molecule has 0 spiro atoms. The first-order valence-electron chi connectivity index (χ1n) is 6.68. The fraction of sp³-hybridized carbons (Fsp3) is 0.429. The molecule has 1 amide bonds. The highest BCUT2D eigenvalue weighted by Crippen LogP contribution is 2.25. The van der Waals surface area contributed by atoms with E-state index in [1.165, 1.54) is 0 Å². The van der Waals surface area contributed by atoms with Gasteiger partial charge in [0, 0.05) is 11.3 Å². The number of nitrogens with one attached hydrogen (secondary N) is 1. The molecule has 1 aliphatic heterocycles. The van der Waals surface area contributed by atoms with E-state index in [9.17, 15) is 9.59 Å². The number of nitrogens with two attached hydrogens (primary N) is 1. The van der Waals surface area contributed by atoms with Crippen molar-refractivity contribution in [2.24, 2.45) is 5.73 Å². The smallest absolute Gasteiger partial charge is 0.332 e. The summed E-state index contributed by atoms with van der Waals surface area (Å²) in [5, 5.41) is 2.57. The Morgan fingerprint density at radius 2 is 2.14 bits per heavy atom. The van der Waals surface area contributed by atoms with Gasteiger partial charge in [-0.1, -0.05) is 12.1 Å². The second kappa shape index (κ2) is 7.16. The predicted molar refractivity (Wildman–Crippen MR) is 74.3 cm³/mol. The molecule has 0 bridgehead atoms. The lowest BCUT2D eigenvalue weighted by atomic mass is 10.2. The predicted octanol–water partition coefficient (Wildman–Crippen LogP) is 0.561. The lowest BCUT2D eigenvalue weighted by Gasteiger charge is -2.13. The summed E-state index contributed by atoms with van der Waals surface area (Å²) in [5.41, 5.74) is 6.82. The van der Waals surface area contributed by atoms with Gasteiger partial charge in [-0.2, -0.15) is 0 Å². The number of hydrogen-bond donors (Lipinski definition) is 2. The van der Waals surface area contributed by atoms with Crippen LogP contribution in [0, 0.1) is 0 Å². The molecule has 2 rings (SSSR count). The van der Waals surface area contributed by atoms with Crippen LogP contribution in [0.3, 0.4) is 0 Å². The van der Waals surface area contributed by atoms with Crippen LogP contribution in [0.25, 0.3) is 0 Å². The van der Waals surface area contributed by atoms with Crippen LogP contribution in [0.2, 0.25) is 0 Å². The average Bonchev–Trinajstić information content (AvgIpc) is 3.01. The van der Waals surface area contributed by atoms with Crippen LogP contribution in [0.15, 0.2) is 24.3 Å². The summed E-state index contributed by atoms with van der Waals surface area (Å²) in [5.74, 6) is -1.38. The number of esters is 1. The van der Waals surface area contributed by atoms with Crippen molar-refractivity contribution < 1.29 is 23.8 Å². The fourth-order valence-electron chi connectivity index (χ4n) is 1.87. The molecule has 0 radical (unpaired) electrons. The van der Waals surface area contributed by atoms with Crippen LogP contribution in [0.5, 0.6) is 0 Å². The molecule has 7 nitrogen and oxygen atoms in total. The first-order valence-corrected chi connectivity index (χ1v) is 6.68. The maximum absolute atomic E-state index is 11.9. The van der Waals surface area contributed by atoms with Gasteiger partial charge in [-0.3, -0.25) is 4.79 Å². The number of carbonyl (C=O) groups is 2. The van der Waals surface area contributed by atoms with E-state index in [1.54, 1.807) is 25.1 Å². The maximum Gasteiger partial charge on any atom is 0.332 e. The summed E-state index contributed by atoms with van der Waals surface area (Å²) in [6, 6.07) is 5.63. The summed E-state index contributed by atoms with van der Waals surface area (Å²) in [4.78, 5) is 23.3. The van der Waals surface area contributed by atoms with E-state index in [2.05, 4.69) is 5.32 Å². The SMILES string of the molecule is CCOC(=O)C(N)C(=O)Nc1cccc(C2OCCO2)c1. The number of anilines is 1. The van der Waals surface area contributed by atoms with Gasteiger partial charge in [-0.25, -0.2) is 4.79 Å². The van der Waals surface area contributed by atoms with Crippen molar-refractivity contribution in [1.29, 1.82) is 0 Å². The molecule has 1 heterocycles. The highest BCUT2D eigenvalue weighted by atomic mass is 16.7. The zero-order valence-corrected chi connectivity index (χ0v) is 11.7. The number of amides is 1. The van der Waals surface area contributed by atoms with Crippen molar-refractivity contribution in [1.82, 2.24) is 0 Å². The Hall–Kier alpha value is -1.96. The molecule has 1 aromatic carbocycles. The van der Waals surface area contributed by atoms with Gasteiger partial charge in [0.05, 0.1) is 19.8 Å². The number of hydrogen-bond acceptors (Lipinski definition) is 6. The topological polar surface area (TPSA) is 99.9 Å². The van der Waals surface area contributed by atoms with Gasteiger partial charge in [0.25, 0.3) is 5.91 Å². The second-order valence-electron chi connectivity index (χ2n) is 4.42. The van der Waals surface area contributed by atoms with E-state index >= 15 is 0 Å². The Labute approximate surface area is 122 Å². The summed E-state index contributed by atoms with van der Waals surface area (Å²) in [7, 11) is 0. The minimum Gasteiger partial charge on any atom is -0.464 e. The van der Waals surface area contributed by atoms with Crippen molar-refractivity contribution in [2.45, 2.75) is 19.3 Å². The third-order valence-electron chi connectivity index (χ3n) is 2.87. The van der Waals surface area contributed by atoms with Gasteiger partial charge in [0.15, 0.2) is 12.3 Å². The zero-order valence-electron chi connectivity index (χ0n) is 11.7. The molecule has 114 valence electrons. The normalized spacial score (nSPS) is 16.5. The number of benzene rings is 1. The van der Waals surface area contributed by atoms with Crippen LogP contribution in [0.1, 0.15) is 18.8 Å². The monoisotopic (exact) mass is 294 g/mol. The van der Waals surface area contributed by atoms with Crippen molar-refractivity contribution >= 4 is 17.6 Å². The van der Waals surface area contributed by atoms with Gasteiger partial charge < -0.3 is 25.3 Å². The van der Waals surface area contributed by atoms with Gasteiger partial charge in [0.1, 0.15) is 0 Å². The van der Waals surface area contributed by atoms with Crippen LogP contribution in [-0.4, -0.2) is 37.7 Å². The molecular formula is C14H18N2O5. The fourth-order valence-corrected chi connectivity index (χ4v) is 1.87. The molecule has 21 heavy (non-hydrogen) atoms. The average molecular weight is 294 g/mol. The molecule has 1 saturated heterocycles. The van der Waals surface area contributed by atoms with Crippen molar-refractivity contribution in [2.75, 3.05) is 25.1 Å². The van der Waals surface area contributed by atoms with Crippen molar-refractivity contribution in [3.63, 3.8) is 0 Å². The molecule has 7 heteroatoms. The minimum atomic E-state index is -1.35. The third kappa shape index (κ3) is 4.01. The quantitative estimate of drug-likeness (QED) is 0.608. The van der Waals surface area contributed by atoms with Gasteiger partial charge in [-0.15, -0.1) is 0 Å². The largest absolute Gasteiger partial charge is 0.464 e. The van der Waals surface area contributed by atoms with Gasteiger partial charge in [0.2, 0.25) is 0 Å². The standard InChI is InChI=1S/C14H18N2O5/c1-2-19-13(18)11(15)12(17)16-10-5-3-4-9(8-10)14-20-6-7-21-14/h3-5,8,11,14H,2,6-7,15H2,1H3,(H,16,17). The van der Waals surface area contributed by atoms with Crippen molar-refractivity contribution in [3.8, 4) is 0 Å². The van der Waals surface area contributed by atoms with Crippen LogP contribution >= 0.6 is 0 Å². The Bertz CT molecular complexity index is 514. The number of ether oxygens (including phenoxy) is 3. The first-order chi connectivity index (χ1) is 10.1. The summed E-state index contributed by atoms with van der Waals surface area (Å²) < 4.78 is 15.5. The highest BCUT2D eigenvalue weighted by molar-refractivity contribution is 6.08. The highest BCUT2D eigenvalue weighted by Gasteiger charge is 2.24. The summed E-state index contributed by atoms with van der Waals surface area (Å²) in [6.45, 7) is 2.89. The van der Waals surface area contributed by atoms with E-state index in [0.29, 0.717) is 18.9 Å². The molecule has 0 aliphatic carbocycles. The van der Waals surface area contributed by atoms with E-state index in [4.69, 9.17) is 19.9 Å². The van der Waals surface area contributed by atoms with Crippen LogP contribution < -0.4 is 11.1 Å². The molecule has 0 aromatic heterocycles. The van der Waals surface area contributed by atoms with E-state index in [0.717, 1.165) is 5.56 Å². The Morgan fingerprint density at radius 3 is 2.81 bits per heavy atom. The molecule has 1 aromatic rings. The van der Waals surface area contributed by atoms with E-state index in [-0.39, 0.29) is 6.61 Å². The van der Waals surface area contributed by atoms with E-state index in [1.807, 2.05) is 6.07 Å². The van der Waals surface area contributed by atoms with Gasteiger partial charge >= 0.3 is 5.97 Å². The minimum absolute atomic E-state index is 0.172. The Balaban J connectivity index is 2.00. The van der Waals surface area contributed by atoms with Gasteiger partial charge in [-0.05, 0) is 19.1 Å². The Kier molecular flexibility index (Phi) is 5.26. The zero-order chi connectivity index (χ0) is 15.2. The van der Waals surface area contributed by atoms with Crippen molar-refractivity contribution in [3.05, 3.63) is 29.8 Å². The maximum atomic E-state index is 11.9. The molecule has 1 fully saturated rings. The summed E-state index contributed by atoms with van der Waals surface area (Å²) >= 11 is 0. The number of rotatable bonds is 5. The van der Waals surface area contributed by atoms with Crippen LogP contribution in [-0.2, 0) is 23.8 Å². The molecule has 1 unspecified atom stereocenters. The molecule has 1 aliphatic rings.